The summed E-state index contributed by atoms with van der Waals surface area (Å²) in [5.74, 6) is 0. The van der Waals surface area contributed by atoms with E-state index in [-0.39, 0.29) is 6.03 Å². The number of amides is 2. The number of para-hydroxylation sites is 1. The zero-order valence-electron chi connectivity index (χ0n) is 10.7. The van der Waals surface area contributed by atoms with E-state index in [1.807, 2.05) is 44.2 Å². The summed E-state index contributed by atoms with van der Waals surface area (Å²) in [7, 11) is 0. The van der Waals surface area contributed by atoms with Gasteiger partial charge in [-0.25, -0.2) is 9.10 Å². The monoisotopic (exact) mass is 271 g/mol. The molecule has 1 N–H and O–H groups in total. The van der Waals surface area contributed by atoms with Crippen LogP contribution in [-0.4, -0.2) is 11.0 Å². The van der Waals surface area contributed by atoms with Crippen molar-refractivity contribution < 1.29 is 4.79 Å². The molecule has 1 aliphatic heterocycles. The summed E-state index contributed by atoms with van der Waals surface area (Å²) in [5.41, 5.74) is 3.70. The van der Waals surface area contributed by atoms with Gasteiger partial charge in [-0.05, 0) is 49.6 Å². The van der Waals surface area contributed by atoms with Crippen LogP contribution in [-0.2, 0) is 0 Å². The molecule has 2 aromatic rings. The van der Waals surface area contributed by atoms with Gasteiger partial charge in [0.25, 0.3) is 0 Å². The molecule has 0 bridgehead atoms. The van der Waals surface area contributed by atoms with E-state index in [4.69, 9.17) is 0 Å². The van der Waals surface area contributed by atoms with Gasteiger partial charge in [-0.2, -0.15) is 0 Å². The third-order valence-corrected chi connectivity index (χ3v) is 4.17. The number of anilines is 2. The highest BCUT2D eigenvalue weighted by Gasteiger charge is 2.25. The van der Waals surface area contributed by atoms with Gasteiger partial charge in [-0.15, -0.1) is 0 Å². The number of rotatable bonds is 1. The lowest BCUT2D eigenvalue weighted by Crippen LogP contribution is -2.32. The highest BCUT2D eigenvalue weighted by atomic mass is 32.2. The highest BCUT2D eigenvalue weighted by molar-refractivity contribution is 8.01. The number of fused-ring (bicyclic) bond motifs is 1. The smallest absolute Gasteiger partial charge is 0.306 e. The van der Waals surface area contributed by atoms with E-state index in [1.54, 1.807) is 10.5 Å². The Labute approximate surface area is 116 Å². The second kappa shape index (κ2) is 4.59. The second-order valence-corrected chi connectivity index (χ2v) is 5.40. The lowest BCUT2D eigenvalue weighted by Gasteiger charge is -2.27. The Balaban J connectivity index is 1.98. The molecule has 0 saturated carbocycles. The number of carbonyl (C=O) groups excluding carboxylic acids is 1. The lowest BCUT2D eigenvalue weighted by atomic mass is 10.2. The van der Waals surface area contributed by atoms with E-state index in [9.17, 15) is 4.79 Å². The second-order valence-electron chi connectivity index (χ2n) is 4.41. The van der Waals surface area contributed by atoms with E-state index in [1.165, 1.54) is 11.9 Å². The molecule has 2 heterocycles. The van der Waals surface area contributed by atoms with Crippen LogP contribution in [0.4, 0.5) is 16.2 Å². The summed E-state index contributed by atoms with van der Waals surface area (Å²) < 4.78 is 1.63. The van der Waals surface area contributed by atoms with E-state index in [2.05, 4.69) is 10.3 Å². The Hall–Kier alpha value is -2.01. The van der Waals surface area contributed by atoms with E-state index in [0.29, 0.717) is 0 Å². The number of aromatic nitrogens is 1. The largest absolute Gasteiger partial charge is 0.336 e. The van der Waals surface area contributed by atoms with Crippen LogP contribution < -0.4 is 9.62 Å². The van der Waals surface area contributed by atoms with Crippen molar-refractivity contribution >= 4 is 29.4 Å². The summed E-state index contributed by atoms with van der Waals surface area (Å²) in [6.45, 7) is 3.95. The fourth-order valence-electron chi connectivity index (χ4n) is 1.86. The van der Waals surface area contributed by atoms with Crippen LogP contribution in [0.3, 0.4) is 0 Å². The van der Waals surface area contributed by atoms with Crippen molar-refractivity contribution in [1.82, 2.24) is 4.98 Å². The van der Waals surface area contributed by atoms with Crippen molar-refractivity contribution in [3.63, 3.8) is 0 Å². The molecule has 0 fully saturated rings. The van der Waals surface area contributed by atoms with Crippen LogP contribution >= 0.6 is 11.9 Å². The van der Waals surface area contributed by atoms with Crippen molar-refractivity contribution in [2.24, 2.45) is 0 Å². The van der Waals surface area contributed by atoms with Crippen LogP contribution in [0.15, 0.2) is 41.4 Å². The molecule has 96 valence electrons. The van der Waals surface area contributed by atoms with Crippen molar-refractivity contribution in [3.05, 3.63) is 47.8 Å². The standard InChI is InChI=1S/C14H13N3OS/c1-9-7-11(8-15-10(9)2)17-14(18)16-12-5-3-4-6-13(12)19-17/h3-8H,1-2H3,(H,16,18). The summed E-state index contributed by atoms with van der Waals surface area (Å²) in [5, 5.41) is 2.88. The van der Waals surface area contributed by atoms with Gasteiger partial charge < -0.3 is 5.32 Å². The molecule has 5 heteroatoms. The maximum absolute atomic E-state index is 12.1. The van der Waals surface area contributed by atoms with E-state index in [0.717, 1.165) is 27.5 Å². The molecular formula is C14H13N3OS. The van der Waals surface area contributed by atoms with Gasteiger partial charge in [0.15, 0.2) is 0 Å². The molecule has 0 spiro atoms. The molecule has 0 aliphatic carbocycles. The molecular weight excluding hydrogens is 258 g/mol. The number of hydrogen-bond donors (Lipinski definition) is 1. The molecule has 0 atom stereocenters. The Morgan fingerprint density at radius 3 is 2.84 bits per heavy atom. The average molecular weight is 271 g/mol. The minimum Gasteiger partial charge on any atom is -0.306 e. The normalized spacial score (nSPS) is 14.0. The molecule has 19 heavy (non-hydrogen) atoms. The first-order chi connectivity index (χ1) is 9.15. The number of nitrogens with zero attached hydrogens (tertiary/aromatic N) is 2. The molecule has 0 unspecified atom stereocenters. The summed E-state index contributed by atoms with van der Waals surface area (Å²) in [4.78, 5) is 17.5. The number of pyridine rings is 1. The van der Waals surface area contributed by atoms with Crippen LogP contribution in [0, 0.1) is 13.8 Å². The fourth-order valence-corrected chi connectivity index (χ4v) is 2.75. The van der Waals surface area contributed by atoms with Gasteiger partial charge >= 0.3 is 6.03 Å². The minimum absolute atomic E-state index is 0.145. The summed E-state index contributed by atoms with van der Waals surface area (Å²) >= 11 is 1.41. The topological polar surface area (TPSA) is 45.2 Å². The van der Waals surface area contributed by atoms with Crippen molar-refractivity contribution in [2.45, 2.75) is 18.7 Å². The molecule has 1 aromatic carbocycles. The third-order valence-electron chi connectivity index (χ3n) is 3.06. The van der Waals surface area contributed by atoms with Crippen LogP contribution in [0.2, 0.25) is 0 Å². The Morgan fingerprint density at radius 1 is 1.26 bits per heavy atom. The first-order valence-corrected chi connectivity index (χ1v) is 6.74. The van der Waals surface area contributed by atoms with Gasteiger partial charge in [-0.3, -0.25) is 4.98 Å². The summed E-state index contributed by atoms with van der Waals surface area (Å²) in [6.07, 6.45) is 1.73. The Bertz CT molecular complexity index is 657. The predicted molar refractivity (Wildman–Crippen MR) is 77.5 cm³/mol. The maximum atomic E-state index is 12.1. The molecule has 1 aromatic heterocycles. The third kappa shape index (κ3) is 2.17. The van der Waals surface area contributed by atoms with Gasteiger partial charge in [0, 0.05) is 5.69 Å². The summed E-state index contributed by atoms with van der Waals surface area (Å²) in [6, 6.07) is 9.58. The number of aryl methyl sites for hydroxylation is 2. The molecule has 0 radical (unpaired) electrons. The zero-order valence-corrected chi connectivity index (χ0v) is 11.5. The number of hydrogen-bond acceptors (Lipinski definition) is 3. The highest BCUT2D eigenvalue weighted by Crippen LogP contribution is 2.37. The van der Waals surface area contributed by atoms with Gasteiger partial charge in [-0.1, -0.05) is 12.1 Å². The molecule has 3 rings (SSSR count). The van der Waals surface area contributed by atoms with Gasteiger partial charge in [0.1, 0.15) is 0 Å². The van der Waals surface area contributed by atoms with Crippen molar-refractivity contribution in [2.75, 3.05) is 9.62 Å². The average Bonchev–Trinajstić information content (AvgIpc) is 2.41. The van der Waals surface area contributed by atoms with Crippen LogP contribution in [0.5, 0.6) is 0 Å². The predicted octanol–water partition coefficient (Wildman–Crippen LogP) is 3.76. The molecule has 4 nitrogen and oxygen atoms in total. The molecule has 0 saturated heterocycles. The number of carbonyl (C=O) groups is 1. The Morgan fingerprint density at radius 2 is 2.05 bits per heavy atom. The van der Waals surface area contributed by atoms with Gasteiger partial charge in [0.05, 0.1) is 22.5 Å². The maximum Gasteiger partial charge on any atom is 0.336 e. The van der Waals surface area contributed by atoms with Crippen LogP contribution in [0.1, 0.15) is 11.3 Å². The number of urea groups is 1. The zero-order chi connectivity index (χ0) is 13.4. The van der Waals surface area contributed by atoms with Gasteiger partial charge in [0.2, 0.25) is 0 Å². The molecule has 2 amide bonds. The van der Waals surface area contributed by atoms with E-state index >= 15 is 0 Å². The lowest BCUT2D eigenvalue weighted by molar-refractivity contribution is 0.260. The number of nitrogens with one attached hydrogen (secondary N) is 1. The quantitative estimate of drug-likeness (QED) is 0.803. The number of benzene rings is 1. The SMILES string of the molecule is Cc1cc(N2Sc3ccccc3NC2=O)cnc1C. The minimum atomic E-state index is -0.145. The van der Waals surface area contributed by atoms with E-state index < -0.39 is 0 Å². The van der Waals surface area contributed by atoms with Crippen molar-refractivity contribution in [1.29, 1.82) is 0 Å². The fraction of sp³-hybridized carbons (Fsp3) is 0.143. The van der Waals surface area contributed by atoms with Crippen LogP contribution in [0.25, 0.3) is 0 Å². The first kappa shape index (κ1) is 12.0. The first-order valence-electron chi connectivity index (χ1n) is 5.96. The van der Waals surface area contributed by atoms with Crippen molar-refractivity contribution in [3.8, 4) is 0 Å². The Kier molecular flexibility index (Phi) is 2.91. The molecule has 1 aliphatic rings.